The van der Waals surface area contributed by atoms with Gasteiger partial charge < -0.3 is 25.0 Å². The number of sulfonamides is 1. The molecule has 1 aromatic carbocycles. The van der Waals surface area contributed by atoms with E-state index in [1.165, 1.54) is 4.90 Å². The van der Waals surface area contributed by atoms with Crippen LogP contribution in [0.1, 0.15) is 87.0 Å². The number of likely N-dealkylation sites (tertiary alicyclic amines) is 1. The molecule has 2 aromatic rings. The van der Waals surface area contributed by atoms with Crippen LogP contribution in [0.2, 0.25) is 0 Å². The Hall–Kier alpha value is -4.34. The predicted molar refractivity (Wildman–Crippen MR) is 201 cm³/mol. The number of allylic oxidation sites excluding steroid dienone is 1. The van der Waals surface area contributed by atoms with Crippen molar-refractivity contribution in [3.05, 3.63) is 48.7 Å². The van der Waals surface area contributed by atoms with Gasteiger partial charge in [-0.15, -0.1) is 0 Å². The number of amides is 4. The van der Waals surface area contributed by atoms with Gasteiger partial charge in [-0.1, -0.05) is 58.0 Å². The summed E-state index contributed by atoms with van der Waals surface area (Å²) in [5, 5.41) is 6.21. The standard InChI is InChI=1S/C39H53F2N5O8S/c1-8-9-13-26-21-39(26,35(49)45-55(51,52)28-15-16-28)44-32(47)30-20-27(53-33-29-14-11-10-12-25(29)17-18-42-33)22-46(30)34(48)31(24(4)19-23(2)3)43-36(50)54-37(5,6)38(7,40)41/h9-14,17-18,23-24,26-28,30-31H,8,15-16,19-22H2,1-7H3,(H,43,50)(H,44,47)(H,45,49)/b13-9-/t24-,26-,27-,30+,31+,39-/m1/s1. The molecule has 13 nitrogen and oxygen atoms in total. The van der Waals surface area contributed by atoms with Gasteiger partial charge in [0.25, 0.3) is 11.8 Å². The Kier molecular flexibility index (Phi) is 12.2. The van der Waals surface area contributed by atoms with Gasteiger partial charge in [0.05, 0.1) is 11.8 Å². The van der Waals surface area contributed by atoms with Crippen LogP contribution in [0.3, 0.4) is 0 Å². The van der Waals surface area contributed by atoms with Crippen molar-refractivity contribution in [2.24, 2.45) is 17.8 Å². The summed E-state index contributed by atoms with van der Waals surface area (Å²) in [5.41, 5.74) is -3.79. The third kappa shape index (κ3) is 9.55. The van der Waals surface area contributed by atoms with Crippen molar-refractivity contribution in [2.75, 3.05) is 6.54 Å². The molecule has 2 heterocycles. The van der Waals surface area contributed by atoms with Crippen molar-refractivity contribution in [3.8, 4) is 5.88 Å². The first kappa shape index (κ1) is 41.8. The summed E-state index contributed by atoms with van der Waals surface area (Å²) in [6, 6.07) is 6.68. The van der Waals surface area contributed by atoms with Crippen molar-refractivity contribution in [1.29, 1.82) is 0 Å². The largest absolute Gasteiger partial charge is 0.472 e. The van der Waals surface area contributed by atoms with Gasteiger partial charge in [-0.3, -0.25) is 19.1 Å². The topological polar surface area (TPSA) is 173 Å². The van der Waals surface area contributed by atoms with Gasteiger partial charge in [0.1, 0.15) is 23.7 Å². The molecule has 0 spiro atoms. The maximum Gasteiger partial charge on any atom is 0.408 e. The number of alkyl halides is 2. The Morgan fingerprint density at radius 3 is 2.42 bits per heavy atom. The molecule has 0 bridgehead atoms. The summed E-state index contributed by atoms with van der Waals surface area (Å²) in [7, 11) is -3.94. The Bertz CT molecular complexity index is 1910. The average Bonchev–Trinajstić information content (AvgIpc) is 4.02. The molecule has 2 aliphatic carbocycles. The molecule has 1 aromatic heterocycles. The lowest BCUT2D eigenvalue weighted by atomic mass is 9.91. The fourth-order valence-corrected chi connectivity index (χ4v) is 8.33. The molecule has 16 heteroatoms. The zero-order valence-corrected chi connectivity index (χ0v) is 33.3. The van der Waals surface area contributed by atoms with Crippen LogP contribution >= 0.6 is 0 Å². The van der Waals surface area contributed by atoms with E-state index in [4.69, 9.17) is 9.47 Å². The molecule has 6 atom stereocenters. The predicted octanol–water partition coefficient (Wildman–Crippen LogP) is 5.24. The normalized spacial score (nSPS) is 24.0. The molecule has 3 aliphatic rings. The van der Waals surface area contributed by atoms with Crippen molar-refractivity contribution >= 4 is 44.6 Å². The van der Waals surface area contributed by atoms with Crippen LogP contribution in [0.5, 0.6) is 5.88 Å². The summed E-state index contributed by atoms with van der Waals surface area (Å²) < 4.78 is 67.9. The lowest BCUT2D eigenvalue weighted by Gasteiger charge is -2.34. The number of alkyl carbamates (subject to hydrolysis) is 1. The molecule has 4 amide bonds. The van der Waals surface area contributed by atoms with Gasteiger partial charge in [0.15, 0.2) is 5.60 Å². The van der Waals surface area contributed by atoms with Crippen molar-refractivity contribution < 1.29 is 45.9 Å². The van der Waals surface area contributed by atoms with E-state index < -0.39 is 86.2 Å². The van der Waals surface area contributed by atoms with Crippen LogP contribution in [0, 0.1) is 17.8 Å². The van der Waals surface area contributed by atoms with Crippen LogP contribution in [0.4, 0.5) is 13.6 Å². The van der Waals surface area contributed by atoms with Gasteiger partial charge in [-0.2, -0.15) is 0 Å². The summed E-state index contributed by atoms with van der Waals surface area (Å²) >= 11 is 0. The number of aromatic nitrogens is 1. The molecule has 0 unspecified atom stereocenters. The van der Waals surface area contributed by atoms with Gasteiger partial charge >= 0.3 is 6.09 Å². The second-order valence-corrected chi connectivity index (χ2v) is 18.1. The lowest BCUT2D eigenvalue weighted by molar-refractivity contribution is -0.152. The minimum atomic E-state index is -3.94. The van der Waals surface area contributed by atoms with Crippen LogP contribution in [-0.2, 0) is 29.1 Å². The number of halogens is 2. The highest BCUT2D eigenvalue weighted by Crippen LogP contribution is 2.46. The van der Waals surface area contributed by atoms with Crippen molar-refractivity contribution in [3.63, 3.8) is 0 Å². The molecule has 55 heavy (non-hydrogen) atoms. The fraction of sp³-hybridized carbons (Fsp3) is 0.615. The number of nitrogens with one attached hydrogen (secondary N) is 3. The SMILES string of the molecule is CC/C=C\[C@@H]1C[C@]1(NC(=O)[C@@H]1C[C@@H](Oc2nccc3ccccc23)CN1C(=O)[C@@H](NC(=O)OC(C)(C)C(C)(F)F)[C@H](C)CC(C)C)C(=O)NS(=O)(=O)C1CC1. The highest BCUT2D eigenvalue weighted by molar-refractivity contribution is 7.91. The summed E-state index contributed by atoms with van der Waals surface area (Å²) in [5.74, 6) is -6.36. The van der Waals surface area contributed by atoms with Gasteiger partial charge in [-0.05, 0) is 75.3 Å². The van der Waals surface area contributed by atoms with E-state index in [0.717, 1.165) is 19.2 Å². The van der Waals surface area contributed by atoms with Gasteiger partial charge in [0.2, 0.25) is 27.7 Å². The molecular formula is C39H53F2N5O8S. The molecule has 5 rings (SSSR count). The summed E-state index contributed by atoms with van der Waals surface area (Å²) in [4.78, 5) is 61.6. The third-order valence-electron chi connectivity index (χ3n) is 10.7. The number of hydrogen-bond acceptors (Lipinski definition) is 9. The first-order chi connectivity index (χ1) is 25.7. The zero-order chi connectivity index (χ0) is 40.5. The van der Waals surface area contributed by atoms with E-state index in [2.05, 4.69) is 20.3 Å². The Morgan fingerprint density at radius 1 is 1.09 bits per heavy atom. The lowest BCUT2D eigenvalue weighted by Crippen LogP contribution is -2.59. The molecule has 3 fully saturated rings. The third-order valence-corrected chi connectivity index (χ3v) is 12.5. The number of rotatable bonds is 16. The molecule has 1 aliphatic heterocycles. The van der Waals surface area contributed by atoms with Crippen molar-refractivity contribution in [2.45, 2.75) is 127 Å². The summed E-state index contributed by atoms with van der Waals surface area (Å²) in [6.07, 6.45) is 5.22. The second-order valence-electron chi connectivity index (χ2n) is 16.1. The highest BCUT2D eigenvalue weighted by Gasteiger charge is 2.62. The second kappa shape index (κ2) is 16.0. The van der Waals surface area contributed by atoms with E-state index in [0.29, 0.717) is 38.0 Å². The number of ether oxygens (including phenoxy) is 2. The Balaban J connectivity index is 1.47. The first-order valence-electron chi connectivity index (χ1n) is 18.9. The molecule has 302 valence electrons. The minimum Gasteiger partial charge on any atom is -0.472 e. The van der Waals surface area contributed by atoms with Gasteiger partial charge in [-0.25, -0.2) is 27.0 Å². The number of carbonyl (C=O) groups is 4. The van der Waals surface area contributed by atoms with Gasteiger partial charge in [0, 0.05) is 30.8 Å². The maximum absolute atomic E-state index is 14.7. The number of pyridine rings is 1. The first-order valence-corrected chi connectivity index (χ1v) is 20.5. The highest BCUT2D eigenvalue weighted by atomic mass is 32.2. The van der Waals surface area contributed by atoms with E-state index in [-0.39, 0.29) is 31.2 Å². The number of hydrogen-bond donors (Lipinski definition) is 3. The molecule has 0 radical (unpaired) electrons. The maximum atomic E-state index is 14.7. The molecule has 2 saturated carbocycles. The average molecular weight is 790 g/mol. The van der Waals surface area contributed by atoms with E-state index >= 15 is 0 Å². The summed E-state index contributed by atoms with van der Waals surface area (Å²) in [6.45, 7) is 10.1. The molecular weight excluding hydrogens is 737 g/mol. The van der Waals surface area contributed by atoms with E-state index in [9.17, 15) is 36.4 Å². The van der Waals surface area contributed by atoms with E-state index in [1.807, 2.05) is 57.2 Å². The van der Waals surface area contributed by atoms with Crippen LogP contribution in [0.15, 0.2) is 48.7 Å². The minimum absolute atomic E-state index is 0.0408. The Morgan fingerprint density at radius 2 is 1.78 bits per heavy atom. The number of benzene rings is 1. The van der Waals surface area contributed by atoms with Crippen molar-refractivity contribution in [1.82, 2.24) is 25.2 Å². The molecule has 1 saturated heterocycles. The monoisotopic (exact) mass is 789 g/mol. The van der Waals surface area contributed by atoms with E-state index in [1.54, 1.807) is 19.2 Å². The molecule has 3 N–H and O–H groups in total. The van der Waals surface area contributed by atoms with Crippen LogP contribution in [0.25, 0.3) is 10.8 Å². The quantitative estimate of drug-likeness (QED) is 0.192. The number of nitrogens with zero attached hydrogens (tertiary/aromatic N) is 2. The number of carbonyl (C=O) groups excluding carboxylic acids is 4. The van der Waals surface area contributed by atoms with Crippen LogP contribution in [-0.4, -0.2) is 89.2 Å². The van der Waals surface area contributed by atoms with Crippen LogP contribution < -0.4 is 20.1 Å². The fourth-order valence-electron chi connectivity index (χ4n) is 6.97. The zero-order valence-electron chi connectivity index (χ0n) is 32.4. The smallest absolute Gasteiger partial charge is 0.408 e. The Labute approximate surface area is 321 Å². The number of fused-ring (bicyclic) bond motifs is 1.